The molecule has 3 unspecified atom stereocenters. The molecule has 0 saturated carbocycles. The number of carbonyl (C=O) groups is 1. The molecule has 0 aliphatic carbocycles. The summed E-state index contributed by atoms with van der Waals surface area (Å²) in [6.45, 7) is 1.74. The summed E-state index contributed by atoms with van der Waals surface area (Å²) in [5.41, 5.74) is 6.95. The second-order valence-corrected chi connectivity index (χ2v) is 6.93. The molecule has 1 amide bonds. The fraction of sp³-hybridized carbons (Fsp3) is 0.357. The average Bonchev–Trinajstić information content (AvgIpc) is 2.77. The number of hydrogen-bond acceptors (Lipinski definition) is 4. The summed E-state index contributed by atoms with van der Waals surface area (Å²) in [6.07, 6.45) is 1.49. The molecule has 20 heavy (non-hydrogen) atoms. The minimum atomic E-state index is -3.17. The van der Waals surface area contributed by atoms with Gasteiger partial charge in [0.1, 0.15) is 0 Å². The monoisotopic (exact) mass is 294 g/mol. The van der Waals surface area contributed by atoms with Gasteiger partial charge in [-0.2, -0.15) is 0 Å². The van der Waals surface area contributed by atoms with E-state index >= 15 is 0 Å². The summed E-state index contributed by atoms with van der Waals surface area (Å²) in [4.78, 5) is 12.1. The van der Waals surface area contributed by atoms with E-state index in [0.717, 1.165) is 11.0 Å². The van der Waals surface area contributed by atoms with Crippen LogP contribution in [0.5, 0.6) is 0 Å². The number of nitrogens with one attached hydrogen (secondary N) is 1. The smallest absolute Gasteiger partial charge is 0.225 e. The zero-order valence-corrected chi connectivity index (χ0v) is 12.0. The van der Waals surface area contributed by atoms with Crippen LogP contribution in [0, 0.1) is 5.92 Å². The predicted octanol–water partition coefficient (Wildman–Crippen LogP) is 0.749. The second kappa shape index (κ2) is 5.76. The summed E-state index contributed by atoms with van der Waals surface area (Å²) >= 11 is 0. The first-order valence-corrected chi connectivity index (χ1v) is 8.12. The number of nitrogens with two attached hydrogens (primary N) is 1. The van der Waals surface area contributed by atoms with Gasteiger partial charge in [-0.3, -0.25) is 4.79 Å². The van der Waals surface area contributed by atoms with Gasteiger partial charge in [0, 0.05) is 11.4 Å². The molecule has 0 saturated heterocycles. The van der Waals surface area contributed by atoms with Crippen LogP contribution in [0.25, 0.3) is 0 Å². The molecule has 0 spiro atoms. The van der Waals surface area contributed by atoms with E-state index in [0.29, 0.717) is 0 Å². The zero-order valence-electron chi connectivity index (χ0n) is 11.2. The SMILES string of the molecule is CC(C(=O)NC1C=CS(=O)(=O)C1)C(N)c1ccccc1. The van der Waals surface area contributed by atoms with Gasteiger partial charge in [-0.1, -0.05) is 37.3 Å². The number of amides is 1. The normalized spacial score (nSPS) is 23.2. The van der Waals surface area contributed by atoms with E-state index in [-0.39, 0.29) is 11.7 Å². The van der Waals surface area contributed by atoms with Crippen LogP contribution in [0.4, 0.5) is 0 Å². The van der Waals surface area contributed by atoms with Crippen LogP contribution >= 0.6 is 0 Å². The van der Waals surface area contributed by atoms with E-state index in [1.807, 2.05) is 30.3 Å². The van der Waals surface area contributed by atoms with Crippen molar-refractivity contribution in [3.05, 3.63) is 47.4 Å². The van der Waals surface area contributed by atoms with Crippen molar-refractivity contribution in [3.8, 4) is 0 Å². The molecule has 108 valence electrons. The van der Waals surface area contributed by atoms with E-state index < -0.39 is 27.8 Å². The van der Waals surface area contributed by atoms with E-state index in [1.54, 1.807) is 6.92 Å². The van der Waals surface area contributed by atoms with E-state index in [4.69, 9.17) is 5.73 Å². The summed E-state index contributed by atoms with van der Waals surface area (Å²) in [5.74, 6) is -0.756. The van der Waals surface area contributed by atoms with Crippen LogP contribution in [-0.4, -0.2) is 26.1 Å². The molecular weight excluding hydrogens is 276 g/mol. The molecule has 0 fully saturated rings. The second-order valence-electron chi connectivity index (χ2n) is 5.00. The quantitative estimate of drug-likeness (QED) is 0.857. The highest BCUT2D eigenvalue weighted by molar-refractivity contribution is 7.94. The molecule has 1 heterocycles. The Balaban J connectivity index is 1.98. The number of hydrogen-bond donors (Lipinski definition) is 2. The number of benzene rings is 1. The van der Waals surface area contributed by atoms with Crippen molar-refractivity contribution in [2.75, 3.05) is 5.75 Å². The van der Waals surface area contributed by atoms with Gasteiger partial charge in [0.25, 0.3) is 0 Å². The molecule has 0 bridgehead atoms. The summed E-state index contributed by atoms with van der Waals surface area (Å²) < 4.78 is 22.6. The van der Waals surface area contributed by atoms with Crippen LogP contribution in [0.2, 0.25) is 0 Å². The lowest BCUT2D eigenvalue weighted by molar-refractivity contribution is -0.125. The Hall–Kier alpha value is -1.66. The van der Waals surface area contributed by atoms with Gasteiger partial charge in [-0.05, 0) is 11.6 Å². The third-order valence-corrected chi connectivity index (χ3v) is 4.79. The number of sulfone groups is 1. The van der Waals surface area contributed by atoms with E-state index in [1.165, 1.54) is 6.08 Å². The minimum absolute atomic E-state index is 0.0773. The van der Waals surface area contributed by atoms with Gasteiger partial charge in [0.15, 0.2) is 9.84 Å². The van der Waals surface area contributed by atoms with Gasteiger partial charge < -0.3 is 11.1 Å². The number of carbonyl (C=O) groups excluding carboxylic acids is 1. The standard InChI is InChI=1S/C14H18N2O3S/c1-10(13(15)11-5-3-2-4-6-11)14(17)16-12-7-8-20(18,19)9-12/h2-8,10,12-13H,9,15H2,1H3,(H,16,17). The molecule has 6 heteroatoms. The Morgan fingerprint density at radius 2 is 2.00 bits per heavy atom. The van der Waals surface area contributed by atoms with Crippen molar-refractivity contribution >= 4 is 15.7 Å². The first-order chi connectivity index (χ1) is 9.39. The Morgan fingerprint density at radius 3 is 2.55 bits per heavy atom. The third-order valence-electron chi connectivity index (χ3n) is 3.39. The first-order valence-electron chi connectivity index (χ1n) is 6.41. The van der Waals surface area contributed by atoms with Gasteiger partial charge in [0.2, 0.25) is 5.91 Å². The largest absolute Gasteiger partial charge is 0.349 e. The predicted molar refractivity (Wildman–Crippen MR) is 77.4 cm³/mol. The highest BCUT2D eigenvalue weighted by Crippen LogP contribution is 2.19. The lowest BCUT2D eigenvalue weighted by Gasteiger charge is -2.21. The molecule has 1 aromatic carbocycles. The van der Waals surface area contributed by atoms with Crippen molar-refractivity contribution < 1.29 is 13.2 Å². The van der Waals surface area contributed by atoms with Gasteiger partial charge >= 0.3 is 0 Å². The van der Waals surface area contributed by atoms with Crippen molar-refractivity contribution in [2.45, 2.75) is 19.0 Å². The molecular formula is C14H18N2O3S. The Kier molecular flexibility index (Phi) is 4.25. The van der Waals surface area contributed by atoms with Crippen LogP contribution < -0.4 is 11.1 Å². The molecule has 1 aliphatic rings. The van der Waals surface area contributed by atoms with E-state index in [2.05, 4.69) is 5.32 Å². The topological polar surface area (TPSA) is 89.3 Å². The lowest BCUT2D eigenvalue weighted by atomic mass is 9.94. The number of rotatable bonds is 4. The Labute approximate surface area is 118 Å². The molecule has 0 radical (unpaired) electrons. The lowest BCUT2D eigenvalue weighted by Crippen LogP contribution is -2.41. The van der Waals surface area contributed by atoms with Crippen molar-refractivity contribution in [1.29, 1.82) is 0 Å². The maximum atomic E-state index is 12.1. The molecule has 1 aromatic rings. The fourth-order valence-corrected chi connectivity index (χ4v) is 3.34. The van der Waals surface area contributed by atoms with Crippen molar-refractivity contribution in [1.82, 2.24) is 5.32 Å². The molecule has 1 aliphatic heterocycles. The molecule has 5 nitrogen and oxygen atoms in total. The van der Waals surface area contributed by atoms with Crippen LogP contribution in [0.15, 0.2) is 41.8 Å². The third kappa shape index (κ3) is 3.46. The van der Waals surface area contributed by atoms with Crippen molar-refractivity contribution in [2.24, 2.45) is 11.7 Å². The fourth-order valence-electron chi connectivity index (χ4n) is 2.11. The zero-order chi connectivity index (χ0) is 14.8. The minimum Gasteiger partial charge on any atom is -0.349 e. The molecule has 3 atom stereocenters. The Morgan fingerprint density at radius 1 is 1.35 bits per heavy atom. The summed E-state index contributed by atoms with van der Waals surface area (Å²) in [7, 11) is -3.17. The maximum Gasteiger partial charge on any atom is 0.225 e. The Bertz CT molecular complexity index is 611. The summed E-state index contributed by atoms with van der Waals surface area (Å²) in [6, 6.07) is 8.48. The molecule has 2 rings (SSSR count). The van der Waals surface area contributed by atoms with Crippen LogP contribution in [0.1, 0.15) is 18.5 Å². The first kappa shape index (κ1) is 14.7. The van der Waals surface area contributed by atoms with E-state index in [9.17, 15) is 13.2 Å². The highest BCUT2D eigenvalue weighted by atomic mass is 32.2. The van der Waals surface area contributed by atoms with Gasteiger partial charge in [0.05, 0.1) is 17.7 Å². The van der Waals surface area contributed by atoms with Crippen LogP contribution in [0.3, 0.4) is 0 Å². The van der Waals surface area contributed by atoms with Crippen molar-refractivity contribution in [3.63, 3.8) is 0 Å². The van der Waals surface area contributed by atoms with Crippen LogP contribution in [-0.2, 0) is 14.6 Å². The maximum absolute atomic E-state index is 12.1. The molecule has 0 aromatic heterocycles. The van der Waals surface area contributed by atoms with Gasteiger partial charge in [-0.15, -0.1) is 0 Å². The van der Waals surface area contributed by atoms with Gasteiger partial charge in [-0.25, -0.2) is 8.42 Å². The highest BCUT2D eigenvalue weighted by Gasteiger charge is 2.27. The molecule has 3 N–H and O–H groups in total. The summed E-state index contributed by atoms with van der Waals surface area (Å²) in [5, 5.41) is 3.84. The average molecular weight is 294 g/mol.